The predicted octanol–water partition coefficient (Wildman–Crippen LogP) is 4.48. The molecule has 0 unspecified atom stereocenters. The summed E-state index contributed by atoms with van der Waals surface area (Å²) in [6, 6.07) is 8.85. The van der Waals surface area contributed by atoms with E-state index in [9.17, 15) is 14.4 Å². The number of ketones is 2. The number of ether oxygens (including phenoxy) is 1. The maximum Gasteiger partial charge on any atom is 0.306 e. The van der Waals surface area contributed by atoms with Gasteiger partial charge in [-0.15, -0.1) is 0 Å². The van der Waals surface area contributed by atoms with Crippen LogP contribution in [0, 0.1) is 13.8 Å². The molecule has 1 aromatic carbocycles. The fraction of sp³-hybridized carbons (Fsp3) is 0.381. The Hall–Kier alpha value is -2.40. The minimum Gasteiger partial charge on any atom is -0.457 e. The Morgan fingerprint density at radius 1 is 1.07 bits per heavy atom. The van der Waals surface area contributed by atoms with Gasteiger partial charge in [-0.25, -0.2) is 0 Å². The average Bonchev–Trinajstić information content (AvgIpc) is 3.43. The molecule has 142 valence electrons. The first-order valence-electron chi connectivity index (χ1n) is 9.03. The van der Waals surface area contributed by atoms with Crippen molar-refractivity contribution in [2.24, 2.45) is 0 Å². The van der Waals surface area contributed by atoms with E-state index in [1.165, 1.54) is 0 Å². The quantitative estimate of drug-likeness (QED) is 0.494. The second kappa shape index (κ2) is 8.09. The van der Waals surface area contributed by atoms with E-state index < -0.39 is 5.97 Å². The topological polar surface area (TPSA) is 65.4 Å². The normalized spacial score (nSPS) is 13.4. The summed E-state index contributed by atoms with van der Waals surface area (Å²) in [5, 5.41) is 0.547. The number of rotatable bonds is 8. The van der Waals surface area contributed by atoms with E-state index in [4.69, 9.17) is 16.3 Å². The van der Waals surface area contributed by atoms with Crippen molar-refractivity contribution in [3.05, 3.63) is 57.9 Å². The zero-order chi connectivity index (χ0) is 19.6. The number of benzene rings is 1. The predicted molar refractivity (Wildman–Crippen MR) is 102 cm³/mol. The van der Waals surface area contributed by atoms with E-state index >= 15 is 0 Å². The number of carbonyl (C=O) groups excluding carboxylic acids is 3. The van der Waals surface area contributed by atoms with Crippen molar-refractivity contribution in [3.63, 3.8) is 0 Å². The minimum atomic E-state index is -0.554. The highest BCUT2D eigenvalue weighted by molar-refractivity contribution is 6.30. The SMILES string of the molecule is Cc1cc(C(=O)COC(=O)CCC(=O)c2ccc(Cl)cc2)c(C)n1C1CC1. The van der Waals surface area contributed by atoms with Crippen LogP contribution in [0.25, 0.3) is 0 Å². The summed E-state index contributed by atoms with van der Waals surface area (Å²) < 4.78 is 7.25. The average molecular weight is 388 g/mol. The molecule has 1 saturated carbocycles. The van der Waals surface area contributed by atoms with Gasteiger partial charge in [0.2, 0.25) is 5.78 Å². The fourth-order valence-electron chi connectivity index (χ4n) is 3.25. The van der Waals surface area contributed by atoms with Gasteiger partial charge in [-0.05, 0) is 57.0 Å². The van der Waals surface area contributed by atoms with Crippen molar-refractivity contribution < 1.29 is 19.1 Å². The van der Waals surface area contributed by atoms with Gasteiger partial charge in [-0.1, -0.05) is 11.6 Å². The second-order valence-corrected chi connectivity index (χ2v) is 7.34. The molecule has 0 bridgehead atoms. The van der Waals surface area contributed by atoms with Crippen LogP contribution in [-0.2, 0) is 9.53 Å². The Kier molecular flexibility index (Phi) is 5.80. The zero-order valence-electron chi connectivity index (χ0n) is 15.5. The third kappa shape index (κ3) is 4.66. The van der Waals surface area contributed by atoms with Crippen molar-refractivity contribution in [1.29, 1.82) is 0 Å². The molecule has 1 aliphatic carbocycles. The van der Waals surface area contributed by atoms with Crippen LogP contribution < -0.4 is 0 Å². The summed E-state index contributed by atoms with van der Waals surface area (Å²) in [6.07, 6.45) is 2.25. The van der Waals surface area contributed by atoms with E-state index in [0.29, 0.717) is 22.2 Å². The van der Waals surface area contributed by atoms with Crippen LogP contribution in [0.2, 0.25) is 5.02 Å². The van der Waals surface area contributed by atoms with Crippen molar-refractivity contribution >= 4 is 29.1 Å². The van der Waals surface area contributed by atoms with Gasteiger partial charge in [0, 0.05) is 40.0 Å². The lowest BCUT2D eigenvalue weighted by molar-refractivity contribution is -0.142. The summed E-state index contributed by atoms with van der Waals surface area (Å²) in [5.74, 6) is -0.933. The van der Waals surface area contributed by atoms with E-state index in [-0.39, 0.29) is 31.0 Å². The smallest absolute Gasteiger partial charge is 0.306 e. The van der Waals surface area contributed by atoms with Gasteiger partial charge < -0.3 is 9.30 Å². The summed E-state index contributed by atoms with van der Waals surface area (Å²) in [7, 11) is 0. The van der Waals surface area contributed by atoms with Crippen LogP contribution in [0.4, 0.5) is 0 Å². The first-order valence-corrected chi connectivity index (χ1v) is 9.40. The molecule has 0 aliphatic heterocycles. The molecule has 1 aromatic heterocycles. The fourth-order valence-corrected chi connectivity index (χ4v) is 3.37. The number of hydrogen-bond donors (Lipinski definition) is 0. The van der Waals surface area contributed by atoms with Crippen LogP contribution in [0.15, 0.2) is 30.3 Å². The molecule has 0 N–H and O–H groups in total. The van der Waals surface area contributed by atoms with E-state index in [1.54, 1.807) is 24.3 Å². The Bertz CT molecular complexity index is 878. The largest absolute Gasteiger partial charge is 0.457 e. The molecule has 0 atom stereocenters. The molecule has 2 aromatic rings. The molecular weight excluding hydrogens is 366 g/mol. The molecular formula is C21H22ClNO4. The number of esters is 1. The van der Waals surface area contributed by atoms with Crippen molar-refractivity contribution in [1.82, 2.24) is 4.57 Å². The first-order chi connectivity index (χ1) is 12.9. The minimum absolute atomic E-state index is 0.0326. The van der Waals surface area contributed by atoms with Gasteiger partial charge in [0.25, 0.3) is 0 Å². The monoisotopic (exact) mass is 387 g/mol. The van der Waals surface area contributed by atoms with Crippen LogP contribution in [0.5, 0.6) is 0 Å². The Morgan fingerprint density at radius 2 is 1.74 bits per heavy atom. The zero-order valence-corrected chi connectivity index (χ0v) is 16.2. The summed E-state index contributed by atoms with van der Waals surface area (Å²) >= 11 is 5.79. The molecule has 0 saturated heterocycles. The molecule has 0 amide bonds. The molecule has 27 heavy (non-hydrogen) atoms. The highest BCUT2D eigenvalue weighted by Crippen LogP contribution is 2.38. The van der Waals surface area contributed by atoms with Crippen LogP contribution in [0.3, 0.4) is 0 Å². The lowest BCUT2D eigenvalue weighted by atomic mass is 10.1. The summed E-state index contributed by atoms with van der Waals surface area (Å²) in [5.41, 5.74) is 3.08. The second-order valence-electron chi connectivity index (χ2n) is 6.90. The highest BCUT2D eigenvalue weighted by Gasteiger charge is 2.28. The van der Waals surface area contributed by atoms with Gasteiger partial charge >= 0.3 is 5.97 Å². The molecule has 1 aliphatic rings. The van der Waals surface area contributed by atoms with Crippen molar-refractivity contribution in [2.45, 2.75) is 45.6 Å². The third-order valence-electron chi connectivity index (χ3n) is 4.78. The Balaban J connectivity index is 1.49. The number of halogens is 1. The number of nitrogens with zero attached hydrogens (tertiary/aromatic N) is 1. The van der Waals surface area contributed by atoms with Crippen LogP contribution >= 0.6 is 11.6 Å². The van der Waals surface area contributed by atoms with Gasteiger partial charge in [-0.3, -0.25) is 14.4 Å². The van der Waals surface area contributed by atoms with Crippen LogP contribution in [-0.4, -0.2) is 28.7 Å². The van der Waals surface area contributed by atoms with Crippen molar-refractivity contribution in [2.75, 3.05) is 6.61 Å². The third-order valence-corrected chi connectivity index (χ3v) is 5.04. The molecule has 0 radical (unpaired) electrons. The van der Waals surface area contributed by atoms with E-state index in [2.05, 4.69) is 4.57 Å². The number of aromatic nitrogens is 1. The van der Waals surface area contributed by atoms with Gasteiger partial charge in [0.15, 0.2) is 12.4 Å². The lowest BCUT2D eigenvalue weighted by Crippen LogP contribution is -2.15. The maximum atomic E-state index is 12.4. The van der Waals surface area contributed by atoms with Gasteiger partial charge in [0.05, 0.1) is 6.42 Å². The van der Waals surface area contributed by atoms with E-state index in [1.807, 2.05) is 19.9 Å². The molecule has 0 spiro atoms. The highest BCUT2D eigenvalue weighted by atomic mass is 35.5. The number of aryl methyl sites for hydroxylation is 1. The molecule has 1 fully saturated rings. The maximum absolute atomic E-state index is 12.4. The summed E-state index contributed by atoms with van der Waals surface area (Å²) in [4.78, 5) is 36.3. The number of Topliss-reactive ketones (excluding diaryl/α,β-unsaturated/α-hetero) is 2. The number of hydrogen-bond acceptors (Lipinski definition) is 4. The number of carbonyl (C=O) groups is 3. The molecule has 6 heteroatoms. The van der Waals surface area contributed by atoms with Gasteiger partial charge in [0.1, 0.15) is 0 Å². The molecule has 3 rings (SSSR count). The van der Waals surface area contributed by atoms with Crippen molar-refractivity contribution in [3.8, 4) is 0 Å². The van der Waals surface area contributed by atoms with E-state index in [0.717, 1.165) is 24.2 Å². The Morgan fingerprint density at radius 3 is 2.37 bits per heavy atom. The molecule has 5 nitrogen and oxygen atoms in total. The Labute approximate surface area is 163 Å². The van der Waals surface area contributed by atoms with Crippen LogP contribution in [0.1, 0.15) is 63.8 Å². The summed E-state index contributed by atoms with van der Waals surface area (Å²) in [6.45, 7) is 3.60. The lowest BCUT2D eigenvalue weighted by Gasteiger charge is -2.08. The first kappa shape index (κ1) is 19.4. The standard InChI is InChI=1S/C21H22ClNO4/c1-13-11-18(14(2)23(13)17-7-8-17)20(25)12-27-21(26)10-9-19(24)15-3-5-16(22)6-4-15/h3-6,11,17H,7-10,12H2,1-2H3. The van der Waals surface area contributed by atoms with Gasteiger partial charge in [-0.2, -0.15) is 0 Å². The molecule has 1 heterocycles.